The van der Waals surface area contributed by atoms with Crippen molar-refractivity contribution in [1.82, 2.24) is 4.57 Å². The smallest absolute Gasteiger partial charge is 0.118 e. The molecule has 2 heteroatoms. The standard InChI is InChI=1S/C13H13NO/c1-3-14-10-4-5-13(14)11-6-8-12(15-2)9-7-11/h3-10H,1H2,2H3. The first-order chi connectivity index (χ1) is 7.35. The SMILES string of the molecule is C=Cn1cccc1-c1ccc(OC)cc1. The van der Waals surface area contributed by atoms with Gasteiger partial charge in [0.15, 0.2) is 0 Å². The van der Waals surface area contributed by atoms with Crippen LogP contribution >= 0.6 is 0 Å². The average Bonchev–Trinajstić information content (AvgIpc) is 2.77. The van der Waals surface area contributed by atoms with Crippen LogP contribution in [0.3, 0.4) is 0 Å². The minimum atomic E-state index is 0.871. The molecule has 0 aliphatic carbocycles. The summed E-state index contributed by atoms with van der Waals surface area (Å²) in [5, 5.41) is 0. The van der Waals surface area contributed by atoms with E-state index in [4.69, 9.17) is 4.74 Å². The molecular formula is C13H13NO. The predicted octanol–water partition coefficient (Wildman–Crippen LogP) is 3.26. The summed E-state index contributed by atoms with van der Waals surface area (Å²) < 4.78 is 7.10. The molecular weight excluding hydrogens is 186 g/mol. The maximum absolute atomic E-state index is 5.12. The molecule has 2 aromatic rings. The van der Waals surface area contributed by atoms with Crippen LogP contribution in [-0.2, 0) is 0 Å². The van der Waals surface area contributed by atoms with Crippen LogP contribution in [0.25, 0.3) is 17.5 Å². The van der Waals surface area contributed by atoms with Crippen LogP contribution in [0.2, 0.25) is 0 Å². The van der Waals surface area contributed by atoms with Gasteiger partial charge in [0.25, 0.3) is 0 Å². The molecule has 0 radical (unpaired) electrons. The molecule has 0 N–H and O–H groups in total. The Balaban J connectivity index is 2.41. The molecule has 0 fully saturated rings. The van der Waals surface area contributed by atoms with Crippen molar-refractivity contribution < 1.29 is 4.74 Å². The zero-order valence-electron chi connectivity index (χ0n) is 8.68. The molecule has 0 saturated heterocycles. The Hall–Kier alpha value is -1.96. The first-order valence-electron chi connectivity index (χ1n) is 4.79. The third kappa shape index (κ3) is 1.79. The van der Waals surface area contributed by atoms with Crippen LogP contribution in [-0.4, -0.2) is 11.7 Å². The fourth-order valence-electron chi connectivity index (χ4n) is 1.56. The molecule has 0 aliphatic rings. The topological polar surface area (TPSA) is 14.2 Å². The summed E-state index contributed by atoms with van der Waals surface area (Å²) in [6.07, 6.45) is 3.77. The molecule has 15 heavy (non-hydrogen) atoms. The van der Waals surface area contributed by atoms with E-state index in [1.807, 2.05) is 41.1 Å². The van der Waals surface area contributed by atoms with Crippen molar-refractivity contribution in [1.29, 1.82) is 0 Å². The van der Waals surface area contributed by atoms with Gasteiger partial charge >= 0.3 is 0 Å². The van der Waals surface area contributed by atoms with E-state index in [-0.39, 0.29) is 0 Å². The number of hydrogen-bond acceptors (Lipinski definition) is 1. The minimum Gasteiger partial charge on any atom is -0.497 e. The molecule has 1 heterocycles. The van der Waals surface area contributed by atoms with E-state index < -0.39 is 0 Å². The quantitative estimate of drug-likeness (QED) is 0.740. The summed E-state index contributed by atoms with van der Waals surface area (Å²) in [4.78, 5) is 0. The normalized spacial score (nSPS) is 9.93. The van der Waals surface area contributed by atoms with E-state index in [0.717, 1.165) is 17.0 Å². The molecule has 2 nitrogen and oxygen atoms in total. The lowest BCUT2D eigenvalue weighted by Crippen LogP contribution is -1.88. The van der Waals surface area contributed by atoms with Crippen molar-refractivity contribution >= 4 is 6.20 Å². The molecule has 76 valence electrons. The van der Waals surface area contributed by atoms with Gasteiger partial charge in [0, 0.05) is 12.4 Å². The number of hydrogen-bond donors (Lipinski definition) is 0. The van der Waals surface area contributed by atoms with Gasteiger partial charge in [0.2, 0.25) is 0 Å². The first-order valence-corrected chi connectivity index (χ1v) is 4.79. The highest BCUT2D eigenvalue weighted by Gasteiger charge is 2.01. The molecule has 2 rings (SSSR count). The fraction of sp³-hybridized carbons (Fsp3) is 0.0769. The summed E-state index contributed by atoms with van der Waals surface area (Å²) in [6.45, 7) is 3.76. The van der Waals surface area contributed by atoms with Gasteiger partial charge in [-0.3, -0.25) is 0 Å². The highest BCUT2D eigenvalue weighted by Crippen LogP contribution is 2.22. The predicted molar refractivity (Wildman–Crippen MR) is 62.8 cm³/mol. The van der Waals surface area contributed by atoms with Crippen molar-refractivity contribution in [3.05, 3.63) is 49.2 Å². The van der Waals surface area contributed by atoms with Gasteiger partial charge in [-0.2, -0.15) is 0 Å². The molecule has 1 aromatic heterocycles. The third-order valence-corrected chi connectivity index (χ3v) is 2.36. The molecule has 0 saturated carbocycles. The average molecular weight is 199 g/mol. The Morgan fingerprint density at radius 1 is 1.20 bits per heavy atom. The van der Waals surface area contributed by atoms with Crippen LogP contribution < -0.4 is 4.74 Å². The second-order valence-corrected chi connectivity index (χ2v) is 3.21. The molecule has 0 spiro atoms. The van der Waals surface area contributed by atoms with Crippen LogP contribution in [0.15, 0.2) is 49.2 Å². The number of ether oxygens (including phenoxy) is 1. The van der Waals surface area contributed by atoms with Gasteiger partial charge in [-0.25, -0.2) is 0 Å². The molecule has 0 aliphatic heterocycles. The Bertz CT molecular complexity index is 454. The van der Waals surface area contributed by atoms with Crippen LogP contribution in [0, 0.1) is 0 Å². The van der Waals surface area contributed by atoms with Crippen molar-refractivity contribution in [3.63, 3.8) is 0 Å². The third-order valence-electron chi connectivity index (χ3n) is 2.36. The Morgan fingerprint density at radius 3 is 2.53 bits per heavy atom. The molecule has 0 atom stereocenters. The maximum Gasteiger partial charge on any atom is 0.118 e. The van der Waals surface area contributed by atoms with E-state index in [1.54, 1.807) is 13.3 Å². The highest BCUT2D eigenvalue weighted by molar-refractivity contribution is 5.63. The minimum absolute atomic E-state index is 0.871. The van der Waals surface area contributed by atoms with E-state index in [9.17, 15) is 0 Å². The lowest BCUT2D eigenvalue weighted by Gasteiger charge is -2.05. The number of methoxy groups -OCH3 is 1. The van der Waals surface area contributed by atoms with E-state index in [1.165, 1.54) is 0 Å². The number of benzene rings is 1. The Morgan fingerprint density at radius 2 is 1.93 bits per heavy atom. The lowest BCUT2D eigenvalue weighted by atomic mass is 10.1. The van der Waals surface area contributed by atoms with Crippen LogP contribution in [0.5, 0.6) is 5.75 Å². The van der Waals surface area contributed by atoms with Gasteiger partial charge in [-0.1, -0.05) is 6.58 Å². The van der Waals surface area contributed by atoms with E-state index in [0.29, 0.717) is 0 Å². The summed E-state index contributed by atoms with van der Waals surface area (Å²) in [6, 6.07) is 12.0. The second kappa shape index (κ2) is 4.05. The molecule has 0 amide bonds. The molecule has 0 unspecified atom stereocenters. The number of rotatable bonds is 3. The van der Waals surface area contributed by atoms with E-state index >= 15 is 0 Å². The molecule has 1 aromatic carbocycles. The van der Waals surface area contributed by atoms with E-state index in [2.05, 4.69) is 12.6 Å². The van der Waals surface area contributed by atoms with Crippen LogP contribution in [0.1, 0.15) is 0 Å². The summed E-state index contributed by atoms with van der Waals surface area (Å²) >= 11 is 0. The zero-order valence-corrected chi connectivity index (χ0v) is 8.68. The van der Waals surface area contributed by atoms with Crippen molar-refractivity contribution in [2.75, 3.05) is 7.11 Å². The number of nitrogens with zero attached hydrogens (tertiary/aromatic N) is 1. The first kappa shape index (κ1) is 9.59. The van der Waals surface area contributed by atoms with Gasteiger partial charge in [0.05, 0.1) is 12.8 Å². The lowest BCUT2D eigenvalue weighted by molar-refractivity contribution is 0.415. The maximum atomic E-state index is 5.12. The largest absolute Gasteiger partial charge is 0.497 e. The Kier molecular flexibility index (Phi) is 2.59. The second-order valence-electron chi connectivity index (χ2n) is 3.21. The molecule has 0 bridgehead atoms. The van der Waals surface area contributed by atoms with Crippen molar-refractivity contribution in [2.24, 2.45) is 0 Å². The van der Waals surface area contributed by atoms with Gasteiger partial charge in [0.1, 0.15) is 5.75 Å². The number of aromatic nitrogens is 1. The summed E-state index contributed by atoms with van der Waals surface area (Å²) in [7, 11) is 1.67. The van der Waals surface area contributed by atoms with Gasteiger partial charge < -0.3 is 9.30 Å². The van der Waals surface area contributed by atoms with Crippen LogP contribution in [0.4, 0.5) is 0 Å². The Labute approximate surface area is 89.4 Å². The van der Waals surface area contributed by atoms with Crippen molar-refractivity contribution in [3.8, 4) is 17.0 Å². The zero-order chi connectivity index (χ0) is 10.7. The summed E-state index contributed by atoms with van der Waals surface area (Å²) in [5.41, 5.74) is 2.29. The van der Waals surface area contributed by atoms with Gasteiger partial charge in [-0.15, -0.1) is 0 Å². The van der Waals surface area contributed by atoms with Gasteiger partial charge in [-0.05, 0) is 42.0 Å². The fourth-order valence-corrected chi connectivity index (χ4v) is 1.56. The summed E-state index contributed by atoms with van der Waals surface area (Å²) in [5.74, 6) is 0.871. The highest BCUT2D eigenvalue weighted by atomic mass is 16.5. The monoisotopic (exact) mass is 199 g/mol. The van der Waals surface area contributed by atoms with Crippen molar-refractivity contribution in [2.45, 2.75) is 0 Å².